The van der Waals surface area contributed by atoms with E-state index < -0.39 is 0 Å². The number of nitrogens with one attached hydrogen (secondary N) is 1. The summed E-state index contributed by atoms with van der Waals surface area (Å²) in [5.74, 6) is -0.636. The Morgan fingerprint density at radius 1 is 1.06 bits per heavy atom. The number of piperidine rings is 1. The second-order valence-corrected chi connectivity index (χ2v) is 8.95. The molecule has 6 nitrogen and oxygen atoms in total. The molecule has 1 saturated heterocycles. The van der Waals surface area contributed by atoms with E-state index in [0.717, 1.165) is 35.1 Å². The van der Waals surface area contributed by atoms with Crippen LogP contribution in [0.25, 0.3) is 10.8 Å². The largest absolute Gasteiger partial charge is 0.371 e. The van der Waals surface area contributed by atoms with E-state index in [1.165, 1.54) is 31.4 Å². The molecule has 8 heteroatoms. The molecule has 1 aliphatic heterocycles. The smallest absolute Gasteiger partial charge is 0.260 e. The van der Waals surface area contributed by atoms with E-state index in [9.17, 15) is 9.18 Å². The maximum atomic E-state index is 13.3. The second kappa shape index (κ2) is 9.43. The fraction of sp³-hybridized carbons (Fsp3) is 0.269. The summed E-state index contributed by atoms with van der Waals surface area (Å²) in [5.41, 5.74) is 3.52. The zero-order valence-corrected chi connectivity index (χ0v) is 19.6. The van der Waals surface area contributed by atoms with E-state index in [1.54, 1.807) is 36.1 Å². The average Bonchev–Trinajstić information content (AvgIpc) is 3.13. The number of carbonyl (C=O) groups is 1. The van der Waals surface area contributed by atoms with Crippen molar-refractivity contribution in [1.82, 2.24) is 14.8 Å². The molecule has 0 bridgehead atoms. The molecular formula is C26H25ClFN5O. The van der Waals surface area contributed by atoms with Crippen LogP contribution in [-0.2, 0) is 6.54 Å². The minimum Gasteiger partial charge on any atom is -0.371 e. The van der Waals surface area contributed by atoms with E-state index in [-0.39, 0.29) is 16.9 Å². The van der Waals surface area contributed by atoms with Crippen molar-refractivity contribution in [1.29, 1.82) is 0 Å². The number of rotatable bonds is 5. The minimum atomic E-state index is -0.330. The van der Waals surface area contributed by atoms with Crippen LogP contribution in [0.1, 0.15) is 40.9 Å². The SMILES string of the molecule is Cc1nn(Cc2ccc(F)cc2)c(Cl)c1C(=O)Nc1ccc(N2CCCCC2)c2ccncc12. The van der Waals surface area contributed by atoms with Gasteiger partial charge in [0, 0.05) is 41.9 Å². The van der Waals surface area contributed by atoms with Gasteiger partial charge in [0.15, 0.2) is 0 Å². The molecule has 0 aliphatic carbocycles. The zero-order chi connectivity index (χ0) is 23.7. The number of amides is 1. The van der Waals surface area contributed by atoms with Crippen LogP contribution in [0.5, 0.6) is 0 Å². The molecule has 5 rings (SSSR count). The van der Waals surface area contributed by atoms with Crippen molar-refractivity contribution in [3.63, 3.8) is 0 Å². The van der Waals surface area contributed by atoms with E-state index in [2.05, 4.69) is 26.4 Å². The van der Waals surface area contributed by atoms with Gasteiger partial charge >= 0.3 is 0 Å². The molecule has 0 spiro atoms. The number of carbonyl (C=O) groups excluding carboxylic acids is 1. The molecule has 1 aliphatic rings. The monoisotopic (exact) mass is 477 g/mol. The molecule has 2 aromatic heterocycles. The number of fused-ring (bicyclic) bond motifs is 1. The van der Waals surface area contributed by atoms with E-state index in [1.807, 2.05) is 12.1 Å². The van der Waals surface area contributed by atoms with Crippen LogP contribution in [0.4, 0.5) is 15.8 Å². The Morgan fingerprint density at radius 3 is 2.59 bits per heavy atom. The summed E-state index contributed by atoms with van der Waals surface area (Å²) in [6.07, 6.45) is 7.20. The predicted molar refractivity (Wildman–Crippen MR) is 133 cm³/mol. The van der Waals surface area contributed by atoms with Gasteiger partial charge in [-0.05, 0) is 62.1 Å². The van der Waals surface area contributed by atoms with Gasteiger partial charge in [-0.25, -0.2) is 9.07 Å². The summed E-state index contributed by atoms with van der Waals surface area (Å²) in [6.45, 7) is 4.15. The maximum Gasteiger partial charge on any atom is 0.260 e. The molecule has 34 heavy (non-hydrogen) atoms. The van der Waals surface area contributed by atoms with Crippen molar-refractivity contribution in [3.05, 3.63) is 82.6 Å². The Kier molecular flexibility index (Phi) is 6.20. The van der Waals surface area contributed by atoms with Gasteiger partial charge < -0.3 is 10.2 Å². The molecule has 2 aromatic carbocycles. The van der Waals surface area contributed by atoms with Gasteiger partial charge in [-0.3, -0.25) is 9.78 Å². The summed E-state index contributed by atoms with van der Waals surface area (Å²) in [5, 5.41) is 9.64. The maximum absolute atomic E-state index is 13.3. The van der Waals surface area contributed by atoms with Crippen molar-refractivity contribution in [2.45, 2.75) is 32.7 Å². The van der Waals surface area contributed by atoms with Crippen molar-refractivity contribution < 1.29 is 9.18 Å². The van der Waals surface area contributed by atoms with Gasteiger partial charge in [-0.15, -0.1) is 0 Å². The lowest BCUT2D eigenvalue weighted by Crippen LogP contribution is -2.29. The van der Waals surface area contributed by atoms with Gasteiger partial charge in [0.2, 0.25) is 0 Å². The van der Waals surface area contributed by atoms with Crippen molar-refractivity contribution >= 4 is 39.7 Å². The van der Waals surface area contributed by atoms with Gasteiger partial charge in [-0.2, -0.15) is 5.10 Å². The van der Waals surface area contributed by atoms with Crippen LogP contribution < -0.4 is 10.2 Å². The number of aromatic nitrogens is 3. The number of benzene rings is 2. The molecular weight excluding hydrogens is 453 g/mol. The highest BCUT2D eigenvalue weighted by Crippen LogP contribution is 2.34. The first-order chi connectivity index (χ1) is 16.5. The van der Waals surface area contributed by atoms with Crippen LogP contribution in [-0.4, -0.2) is 33.8 Å². The third-order valence-corrected chi connectivity index (χ3v) is 6.66. The Morgan fingerprint density at radius 2 is 1.82 bits per heavy atom. The predicted octanol–water partition coefficient (Wildman–Crippen LogP) is 5.82. The van der Waals surface area contributed by atoms with Crippen LogP contribution in [0, 0.1) is 12.7 Å². The zero-order valence-electron chi connectivity index (χ0n) is 18.9. The molecule has 3 heterocycles. The Labute approximate surface area is 202 Å². The highest BCUT2D eigenvalue weighted by atomic mass is 35.5. The molecule has 0 atom stereocenters. The summed E-state index contributed by atoms with van der Waals surface area (Å²) >= 11 is 6.56. The highest BCUT2D eigenvalue weighted by molar-refractivity contribution is 6.34. The third-order valence-electron chi connectivity index (χ3n) is 6.28. The van der Waals surface area contributed by atoms with Crippen molar-refractivity contribution in [2.75, 3.05) is 23.3 Å². The second-order valence-electron chi connectivity index (χ2n) is 8.59. The normalized spacial score (nSPS) is 13.9. The Balaban J connectivity index is 1.43. The van der Waals surface area contributed by atoms with E-state index in [0.29, 0.717) is 23.5 Å². The fourth-order valence-electron chi connectivity index (χ4n) is 4.56. The van der Waals surface area contributed by atoms with Gasteiger partial charge in [0.25, 0.3) is 5.91 Å². The minimum absolute atomic E-state index is 0.242. The molecule has 0 radical (unpaired) electrons. The molecule has 1 fully saturated rings. The lowest BCUT2D eigenvalue weighted by atomic mass is 10.0. The summed E-state index contributed by atoms with van der Waals surface area (Å²) < 4.78 is 14.8. The lowest BCUT2D eigenvalue weighted by molar-refractivity contribution is 0.102. The Hall–Kier alpha value is -3.45. The highest BCUT2D eigenvalue weighted by Gasteiger charge is 2.22. The molecule has 4 aromatic rings. The number of halogens is 2. The van der Waals surface area contributed by atoms with Crippen LogP contribution in [0.3, 0.4) is 0 Å². The number of hydrogen-bond acceptors (Lipinski definition) is 4. The number of anilines is 2. The van der Waals surface area contributed by atoms with Gasteiger partial charge in [0.1, 0.15) is 11.0 Å². The topological polar surface area (TPSA) is 63.1 Å². The van der Waals surface area contributed by atoms with Crippen LogP contribution in [0.15, 0.2) is 54.9 Å². The van der Waals surface area contributed by atoms with Crippen LogP contribution >= 0.6 is 11.6 Å². The quantitative estimate of drug-likeness (QED) is 0.393. The summed E-state index contributed by atoms with van der Waals surface area (Å²) in [7, 11) is 0. The Bertz CT molecular complexity index is 1350. The number of aryl methyl sites for hydroxylation is 1. The van der Waals surface area contributed by atoms with E-state index in [4.69, 9.17) is 11.6 Å². The summed E-state index contributed by atoms with van der Waals surface area (Å²) in [4.78, 5) is 20.0. The number of nitrogens with zero attached hydrogens (tertiary/aromatic N) is 4. The third kappa shape index (κ3) is 4.35. The standard InChI is InChI=1S/C26H25ClFN5O/c1-17-24(25(27)33(31-17)16-18-5-7-19(28)8-6-18)26(34)30-22-9-10-23(32-13-3-2-4-14-32)20-11-12-29-15-21(20)22/h5-12,15H,2-4,13-14,16H2,1H3,(H,30,34). The fourth-order valence-corrected chi connectivity index (χ4v) is 4.88. The molecule has 1 N–H and O–H groups in total. The lowest BCUT2D eigenvalue weighted by Gasteiger charge is -2.30. The molecule has 0 unspecified atom stereocenters. The number of hydrogen-bond donors (Lipinski definition) is 1. The van der Waals surface area contributed by atoms with E-state index >= 15 is 0 Å². The first-order valence-corrected chi connectivity index (χ1v) is 11.8. The molecule has 0 saturated carbocycles. The number of pyridine rings is 1. The summed E-state index contributed by atoms with van der Waals surface area (Å²) in [6, 6.07) is 12.1. The molecule has 174 valence electrons. The first kappa shape index (κ1) is 22.3. The molecule has 1 amide bonds. The van der Waals surface area contributed by atoms with Crippen LogP contribution in [0.2, 0.25) is 5.15 Å². The first-order valence-electron chi connectivity index (χ1n) is 11.4. The van der Waals surface area contributed by atoms with Crippen molar-refractivity contribution in [2.24, 2.45) is 0 Å². The average molecular weight is 478 g/mol. The van der Waals surface area contributed by atoms with Gasteiger partial charge in [-0.1, -0.05) is 23.7 Å². The van der Waals surface area contributed by atoms with Crippen molar-refractivity contribution in [3.8, 4) is 0 Å². The van der Waals surface area contributed by atoms with Gasteiger partial charge in [0.05, 0.1) is 23.5 Å².